The van der Waals surface area contributed by atoms with Gasteiger partial charge in [-0.3, -0.25) is 0 Å². The van der Waals surface area contributed by atoms with E-state index in [9.17, 15) is 0 Å². The van der Waals surface area contributed by atoms with Crippen molar-refractivity contribution >= 4 is 0 Å². The minimum atomic E-state index is 0.512. The molecule has 0 saturated carbocycles. The first-order valence-corrected chi connectivity index (χ1v) is 5.26. The van der Waals surface area contributed by atoms with Crippen LogP contribution in [0.3, 0.4) is 0 Å². The van der Waals surface area contributed by atoms with Gasteiger partial charge in [0.1, 0.15) is 11.4 Å². The fraction of sp³-hybridized carbons (Fsp3) is 0.231. The third-order valence-electron chi connectivity index (χ3n) is 2.54. The number of hydrogen-bond donors (Lipinski definition) is 0. The van der Waals surface area contributed by atoms with Gasteiger partial charge in [-0.15, -0.1) is 0 Å². The summed E-state index contributed by atoms with van der Waals surface area (Å²) in [5, 5.41) is 0. The van der Waals surface area contributed by atoms with Crippen molar-refractivity contribution < 1.29 is 9.47 Å². The Morgan fingerprint density at radius 2 is 1.76 bits per heavy atom. The summed E-state index contributed by atoms with van der Waals surface area (Å²) in [6.45, 7) is 2.00. The predicted octanol–water partition coefficient (Wildman–Crippen LogP) is 2.47. The first kappa shape index (κ1) is 11.4. The maximum Gasteiger partial charge on any atom is 0.240 e. The zero-order valence-electron chi connectivity index (χ0n) is 10.1. The molecule has 4 heteroatoms. The Hall–Kier alpha value is -2.10. The molecule has 0 atom stereocenters. The van der Waals surface area contributed by atoms with E-state index in [1.54, 1.807) is 26.6 Å². The third kappa shape index (κ3) is 2.20. The van der Waals surface area contributed by atoms with E-state index in [1.807, 2.05) is 25.1 Å². The van der Waals surface area contributed by atoms with Crippen molar-refractivity contribution in [3.8, 4) is 22.9 Å². The maximum atomic E-state index is 5.29. The molecule has 0 aliphatic heterocycles. The van der Waals surface area contributed by atoms with Crippen molar-refractivity contribution in [2.45, 2.75) is 6.92 Å². The highest BCUT2D eigenvalue weighted by Crippen LogP contribution is 2.29. The molecule has 1 aromatic carbocycles. The van der Waals surface area contributed by atoms with E-state index in [0.29, 0.717) is 11.6 Å². The highest BCUT2D eigenvalue weighted by molar-refractivity contribution is 5.66. The number of benzene rings is 1. The first-order valence-electron chi connectivity index (χ1n) is 5.26. The summed E-state index contributed by atoms with van der Waals surface area (Å²) in [4.78, 5) is 8.41. The minimum Gasteiger partial charge on any atom is -0.496 e. The van der Waals surface area contributed by atoms with Gasteiger partial charge in [-0.05, 0) is 18.6 Å². The van der Waals surface area contributed by atoms with Gasteiger partial charge in [-0.1, -0.05) is 12.1 Å². The zero-order valence-corrected chi connectivity index (χ0v) is 10.1. The van der Waals surface area contributed by atoms with Crippen molar-refractivity contribution in [2.75, 3.05) is 14.2 Å². The largest absolute Gasteiger partial charge is 0.496 e. The Morgan fingerprint density at radius 3 is 2.47 bits per heavy atom. The zero-order chi connectivity index (χ0) is 12.3. The summed E-state index contributed by atoms with van der Waals surface area (Å²) in [5.41, 5.74) is 2.73. The number of methoxy groups -OCH3 is 2. The fourth-order valence-electron chi connectivity index (χ4n) is 1.64. The van der Waals surface area contributed by atoms with Crippen LogP contribution >= 0.6 is 0 Å². The maximum absolute atomic E-state index is 5.29. The summed E-state index contributed by atoms with van der Waals surface area (Å²) in [7, 11) is 3.24. The summed E-state index contributed by atoms with van der Waals surface area (Å²) in [5.74, 6) is 1.34. The molecule has 0 unspecified atom stereocenters. The smallest absolute Gasteiger partial charge is 0.240 e. The quantitative estimate of drug-likeness (QED) is 0.812. The number of hydrogen-bond acceptors (Lipinski definition) is 4. The number of aryl methyl sites for hydroxylation is 1. The molecule has 0 aliphatic rings. The van der Waals surface area contributed by atoms with Gasteiger partial charge in [0, 0.05) is 18.0 Å². The summed E-state index contributed by atoms with van der Waals surface area (Å²) >= 11 is 0. The molecule has 0 aliphatic carbocycles. The summed E-state index contributed by atoms with van der Waals surface area (Å²) in [6.07, 6.45) is 3.25. The molecule has 17 heavy (non-hydrogen) atoms. The molecular weight excluding hydrogens is 216 g/mol. The standard InChI is InChI=1S/C13H14N2O2/c1-9-4-5-10(8-11(9)16-2)12-13(17-3)15-7-6-14-12/h4-8H,1-3H3. The molecule has 1 aromatic heterocycles. The van der Waals surface area contributed by atoms with E-state index >= 15 is 0 Å². The third-order valence-corrected chi connectivity index (χ3v) is 2.54. The van der Waals surface area contributed by atoms with Crippen molar-refractivity contribution in [3.63, 3.8) is 0 Å². The Kier molecular flexibility index (Phi) is 3.23. The number of rotatable bonds is 3. The lowest BCUT2D eigenvalue weighted by Crippen LogP contribution is -1.95. The molecule has 2 aromatic rings. The fourth-order valence-corrected chi connectivity index (χ4v) is 1.64. The van der Waals surface area contributed by atoms with Gasteiger partial charge in [0.2, 0.25) is 5.88 Å². The van der Waals surface area contributed by atoms with Gasteiger partial charge in [-0.25, -0.2) is 9.97 Å². The minimum absolute atomic E-state index is 0.512. The molecule has 4 nitrogen and oxygen atoms in total. The second-order valence-corrected chi connectivity index (χ2v) is 3.60. The van der Waals surface area contributed by atoms with Crippen LogP contribution in [0.15, 0.2) is 30.6 Å². The molecule has 0 N–H and O–H groups in total. The number of nitrogens with zero attached hydrogens (tertiary/aromatic N) is 2. The van der Waals surface area contributed by atoms with E-state index in [2.05, 4.69) is 9.97 Å². The first-order chi connectivity index (χ1) is 8.26. The van der Waals surface area contributed by atoms with Crippen LogP contribution in [-0.4, -0.2) is 24.2 Å². The highest BCUT2D eigenvalue weighted by atomic mass is 16.5. The Balaban J connectivity index is 2.53. The number of aromatic nitrogens is 2. The second-order valence-electron chi connectivity index (χ2n) is 3.60. The van der Waals surface area contributed by atoms with Crippen molar-refractivity contribution in [3.05, 3.63) is 36.2 Å². The van der Waals surface area contributed by atoms with Gasteiger partial charge in [-0.2, -0.15) is 0 Å². The van der Waals surface area contributed by atoms with Crippen LogP contribution in [0.2, 0.25) is 0 Å². The molecule has 0 amide bonds. The van der Waals surface area contributed by atoms with Crippen molar-refractivity contribution in [1.29, 1.82) is 0 Å². The van der Waals surface area contributed by atoms with E-state index in [-0.39, 0.29) is 0 Å². The molecule has 1 heterocycles. The van der Waals surface area contributed by atoms with Gasteiger partial charge in [0.25, 0.3) is 0 Å². The van der Waals surface area contributed by atoms with Gasteiger partial charge < -0.3 is 9.47 Å². The Bertz CT molecular complexity index is 527. The average Bonchev–Trinajstić information content (AvgIpc) is 2.39. The van der Waals surface area contributed by atoms with E-state index in [1.165, 1.54) is 0 Å². The molecule has 2 rings (SSSR count). The molecular formula is C13H14N2O2. The van der Waals surface area contributed by atoms with Crippen LogP contribution in [0, 0.1) is 6.92 Å². The molecule has 0 radical (unpaired) electrons. The molecule has 0 spiro atoms. The molecule has 88 valence electrons. The van der Waals surface area contributed by atoms with Crippen LogP contribution in [0.1, 0.15) is 5.56 Å². The number of ether oxygens (including phenoxy) is 2. The van der Waals surface area contributed by atoms with Crippen LogP contribution in [0.25, 0.3) is 11.3 Å². The van der Waals surface area contributed by atoms with E-state index in [4.69, 9.17) is 9.47 Å². The van der Waals surface area contributed by atoms with E-state index < -0.39 is 0 Å². The van der Waals surface area contributed by atoms with Gasteiger partial charge >= 0.3 is 0 Å². The lowest BCUT2D eigenvalue weighted by Gasteiger charge is -2.09. The lowest BCUT2D eigenvalue weighted by molar-refractivity contribution is 0.397. The Morgan fingerprint density at radius 1 is 1.00 bits per heavy atom. The van der Waals surface area contributed by atoms with Gasteiger partial charge in [0.15, 0.2) is 0 Å². The lowest BCUT2D eigenvalue weighted by atomic mass is 10.1. The normalized spacial score (nSPS) is 10.1. The highest BCUT2D eigenvalue weighted by Gasteiger charge is 2.09. The van der Waals surface area contributed by atoms with E-state index in [0.717, 1.165) is 16.9 Å². The second kappa shape index (κ2) is 4.82. The molecule has 0 fully saturated rings. The average molecular weight is 230 g/mol. The van der Waals surface area contributed by atoms with Gasteiger partial charge in [0.05, 0.1) is 14.2 Å². The monoisotopic (exact) mass is 230 g/mol. The topological polar surface area (TPSA) is 44.2 Å². The van der Waals surface area contributed by atoms with Crippen LogP contribution in [0.5, 0.6) is 11.6 Å². The SMILES string of the molecule is COc1cc(-c2nccnc2OC)ccc1C. The Labute approximate surface area is 100 Å². The molecule has 0 bridgehead atoms. The predicted molar refractivity (Wildman–Crippen MR) is 65.3 cm³/mol. The van der Waals surface area contributed by atoms with Crippen molar-refractivity contribution in [1.82, 2.24) is 9.97 Å². The van der Waals surface area contributed by atoms with Crippen LogP contribution in [0.4, 0.5) is 0 Å². The summed E-state index contributed by atoms with van der Waals surface area (Å²) in [6, 6.07) is 5.90. The molecule has 0 saturated heterocycles. The summed E-state index contributed by atoms with van der Waals surface area (Å²) < 4.78 is 10.5. The van der Waals surface area contributed by atoms with Crippen LogP contribution in [-0.2, 0) is 0 Å². The van der Waals surface area contributed by atoms with Crippen molar-refractivity contribution in [2.24, 2.45) is 0 Å². The van der Waals surface area contributed by atoms with Crippen LogP contribution < -0.4 is 9.47 Å².